The highest BCUT2D eigenvalue weighted by molar-refractivity contribution is 5.77. The molecule has 0 unspecified atom stereocenters. The monoisotopic (exact) mass is 227 g/mol. The van der Waals surface area contributed by atoms with Crippen molar-refractivity contribution in [2.24, 2.45) is 16.9 Å². The Balaban J connectivity index is 2.13. The third kappa shape index (κ3) is 3.81. The molecule has 0 aromatic carbocycles. The van der Waals surface area contributed by atoms with Crippen LogP contribution in [0.15, 0.2) is 0 Å². The molecule has 1 aliphatic rings. The van der Waals surface area contributed by atoms with Crippen LogP contribution in [0.1, 0.15) is 38.5 Å². The normalized spacial score (nSPS) is 17.6. The van der Waals surface area contributed by atoms with Gasteiger partial charge in [0.15, 0.2) is 0 Å². The number of rotatable bonds is 7. The van der Waals surface area contributed by atoms with E-state index in [4.69, 9.17) is 11.5 Å². The van der Waals surface area contributed by atoms with Crippen molar-refractivity contribution in [1.29, 1.82) is 0 Å². The van der Waals surface area contributed by atoms with Crippen molar-refractivity contribution in [3.8, 4) is 0 Å². The van der Waals surface area contributed by atoms with Crippen molar-refractivity contribution in [3.63, 3.8) is 0 Å². The summed E-state index contributed by atoms with van der Waals surface area (Å²) >= 11 is 0. The fourth-order valence-electron chi connectivity index (χ4n) is 2.02. The second kappa shape index (κ2) is 5.84. The fraction of sp³-hybridized carbons (Fsp3) is 0.818. The Morgan fingerprint density at radius 2 is 2.00 bits per heavy atom. The van der Waals surface area contributed by atoms with Crippen LogP contribution in [-0.4, -0.2) is 24.9 Å². The van der Waals surface area contributed by atoms with Crippen molar-refractivity contribution >= 4 is 11.8 Å². The summed E-state index contributed by atoms with van der Waals surface area (Å²) in [6, 6.07) is 0. The SMILES string of the molecule is NCC1(CC(=O)NCCCC(N)=O)CCC1. The highest BCUT2D eigenvalue weighted by Gasteiger charge is 2.37. The van der Waals surface area contributed by atoms with E-state index >= 15 is 0 Å². The molecule has 0 atom stereocenters. The number of amides is 2. The van der Waals surface area contributed by atoms with Crippen LogP contribution in [0.25, 0.3) is 0 Å². The first-order valence-electron chi connectivity index (χ1n) is 5.83. The lowest BCUT2D eigenvalue weighted by molar-refractivity contribution is -0.125. The van der Waals surface area contributed by atoms with E-state index in [1.165, 1.54) is 6.42 Å². The molecule has 0 saturated heterocycles. The van der Waals surface area contributed by atoms with E-state index in [1.54, 1.807) is 0 Å². The molecule has 0 aliphatic heterocycles. The average molecular weight is 227 g/mol. The molecule has 2 amide bonds. The molecule has 0 spiro atoms. The van der Waals surface area contributed by atoms with Crippen LogP contribution in [0.4, 0.5) is 0 Å². The number of nitrogens with one attached hydrogen (secondary N) is 1. The van der Waals surface area contributed by atoms with Gasteiger partial charge in [-0.2, -0.15) is 0 Å². The molecule has 0 heterocycles. The van der Waals surface area contributed by atoms with Gasteiger partial charge in [0.1, 0.15) is 0 Å². The van der Waals surface area contributed by atoms with Gasteiger partial charge in [-0.25, -0.2) is 0 Å². The highest BCUT2D eigenvalue weighted by atomic mass is 16.2. The number of hydrogen-bond donors (Lipinski definition) is 3. The Hall–Kier alpha value is -1.10. The summed E-state index contributed by atoms with van der Waals surface area (Å²) in [6.45, 7) is 1.10. The molecule has 0 bridgehead atoms. The molecule has 1 rings (SSSR count). The lowest BCUT2D eigenvalue weighted by Gasteiger charge is -2.40. The highest BCUT2D eigenvalue weighted by Crippen LogP contribution is 2.42. The molecule has 5 heteroatoms. The summed E-state index contributed by atoms with van der Waals surface area (Å²) in [4.78, 5) is 22.0. The second-order valence-corrected chi connectivity index (χ2v) is 4.65. The first kappa shape index (κ1) is 13.0. The van der Waals surface area contributed by atoms with Crippen molar-refractivity contribution in [2.45, 2.75) is 38.5 Å². The zero-order chi connectivity index (χ0) is 12.0. The van der Waals surface area contributed by atoms with Crippen LogP contribution in [0.2, 0.25) is 0 Å². The number of carbonyl (C=O) groups excluding carboxylic acids is 2. The third-order valence-electron chi connectivity index (χ3n) is 3.30. The van der Waals surface area contributed by atoms with E-state index in [0.29, 0.717) is 32.4 Å². The smallest absolute Gasteiger partial charge is 0.220 e. The molecule has 0 aromatic heterocycles. The summed E-state index contributed by atoms with van der Waals surface area (Å²) in [5, 5.41) is 2.79. The minimum absolute atomic E-state index is 0.0367. The van der Waals surface area contributed by atoms with Crippen LogP contribution >= 0.6 is 0 Å². The molecule has 92 valence electrons. The van der Waals surface area contributed by atoms with E-state index in [-0.39, 0.29) is 17.2 Å². The van der Waals surface area contributed by atoms with Crippen molar-refractivity contribution in [3.05, 3.63) is 0 Å². The average Bonchev–Trinajstić information content (AvgIpc) is 2.18. The van der Waals surface area contributed by atoms with Gasteiger partial charge in [0.2, 0.25) is 11.8 Å². The molecular weight excluding hydrogens is 206 g/mol. The summed E-state index contributed by atoms with van der Waals surface area (Å²) in [6.07, 6.45) is 4.72. The minimum atomic E-state index is -0.327. The maximum Gasteiger partial charge on any atom is 0.220 e. The minimum Gasteiger partial charge on any atom is -0.370 e. The molecule has 16 heavy (non-hydrogen) atoms. The second-order valence-electron chi connectivity index (χ2n) is 4.65. The standard InChI is InChI=1S/C11H21N3O2/c12-8-11(4-2-5-11)7-10(16)14-6-1-3-9(13)15/h1-8,12H2,(H2,13,15)(H,14,16). The van der Waals surface area contributed by atoms with E-state index in [0.717, 1.165) is 12.8 Å². The maximum atomic E-state index is 11.6. The van der Waals surface area contributed by atoms with E-state index in [1.807, 2.05) is 0 Å². The Kier molecular flexibility index (Phi) is 4.73. The third-order valence-corrected chi connectivity index (χ3v) is 3.30. The number of hydrogen-bond acceptors (Lipinski definition) is 3. The molecule has 1 aliphatic carbocycles. The van der Waals surface area contributed by atoms with Gasteiger partial charge in [0, 0.05) is 19.4 Å². The lowest BCUT2D eigenvalue weighted by Crippen LogP contribution is -2.42. The van der Waals surface area contributed by atoms with Gasteiger partial charge in [0.25, 0.3) is 0 Å². The predicted molar refractivity (Wildman–Crippen MR) is 61.4 cm³/mol. The van der Waals surface area contributed by atoms with Crippen LogP contribution in [-0.2, 0) is 9.59 Å². The molecule has 1 saturated carbocycles. The van der Waals surface area contributed by atoms with Crippen molar-refractivity contribution in [2.75, 3.05) is 13.1 Å². The van der Waals surface area contributed by atoms with Gasteiger partial charge in [-0.15, -0.1) is 0 Å². The lowest BCUT2D eigenvalue weighted by atomic mass is 9.66. The number of nitrogens with two attached hydrogens (primary N) is 2. The molecule has 1 fully saturated rings. The zero-order valence-electron chi connectivity index (χ0n) is 9.63. The Morgan fingerprint density at radius 1 is 1.31 bits per heavy atom. The molecule has 5 nitrogen and oxygen atoms in total. The van der Waals surface area contributed by atoms with Crippen molar-refractivity contribution in [1.82, 2.24) is 5.32 Å². The van der Waals surface area contributed by atoms with E-state index < -0.39 is 0 Å². The summed E-state index contributed by atoms with van der Waals surface area (Å²) in [5.41, 5.74) is 10.7. The summed E-state index contributed by atoms with van der Waals surface area (Å²) < 4.78 is 0. The van der Waals surface area contributed by atoms with Gasteiger partial charge in [-0.3, -0.25) is 9.59 Å². The topological polar surface area (TPSA) is 98.2 Å². The van der Waals surface area contributed by atoms with Gasteiger partial charge in [-0.05, 0) is 31.2 Å². The van der Waals surface area contributed by atoms with Gasteiger partial charge >= 0.3 is 0 Å². The maximum absolute atomic E-state index is 11.6. The summed E-state index contributed by atoms with van der Waals surface area (Å²) in [5.74, 6) is -0.290. The van der Waals surface area contributed by atoms with Crippen molar-refractivity contribution < 1.29 is 9.59 Å². The number of primary amides is 1. The molecular formula is C11H21N3O2. The Morgan fingerprint density at radius 3 is 2.44 bits per heavy atom. The van der Waals surface area contributed by atoms with Crippen LogP contribution in [0.3, 0.4) is 0 Å². The predicted octanol–water partition coefficient (Wildman–Crippen LogP) is -0.113. The summed E-state index contributed by atoms with van der Waals surface area (Å²) in [7, 11) is 0. The fourth-order valence-corrected chi connectivity index (χ4v) is 2.02. The first-order chi connectivity index (χ1) is 7.58. The number of carbonyl (C=O) groups is 2. The van der Waals surface area contributed by atoms with Crippen LogP contribution in [0.5, 0.6) is 0 Å². The zero-order valence-corrected chi connectivity index (χ0v) is 9.63. The van der Waals surface area contributed by atoms with Crippen LogP contribution in [0, 0.1) is 5.41 Å². The quantitative estimate of drug-likeness (QED) is 0.529. The first-order valence-corrected chi connectivity index (χ1v) is 5.83. The van der Waals surface area contributed by atoms with Crippen LogP contribution < -0.4 is 16.8 Å². The van der Waals surface area contributed by atoms with Gasteiger partial charge in [-0.1, -0.05) is 6.42 Å². The Labute approximate surface area is 95.9 Å². The van der Waals surface area contributed by atoms with E-state index in [9.17, 15) is 9.59 Å². The Bertz CT molecular complexity index is 256. The molecule has 5 N–H and O–H groups in total. The van der Waals surface area contributed by atoms with E-state index in [2.05, 4.69) is 5.32 Å². The largest absolute Gasteiger partial charge is 0.370 e. The van der Waals surface area contributed by atoms with Gasteiger partial charge in [0.05, 0.1) is 0 Å². The van der Waals surface area contributed by atoms with Gasteiger partial charge < -0.3 is 16.8 Å². The molecule has 0 radical (unpaired) electrons. The molecule has 0 aromatic rings.